The molecule has 0 atom stereocenters. The molecule has 7 heteroatoms. The third-order valence-electron chi connectivity index (χ3n) is 5.24. The van der Waals surface area contributed by atoms with Crippen molar-refractivity contribution in [3.8, 4) is 11.1 Å². The smallest absolute Gasteiger partial charge is 0.162 e. The molecule has 0 saturated carbocycles. The fourth-order valence-corrected chi connectivity index (χ4v) is 3.52. The lowest BCUT2D eigenvalue weighted by Crippen LogP contribution is -2.03. The molecule has 0 bridgehead atoms. The second kappa shape index (κ2) is 10.2. The highest BCUT2D eigenvalue weighted by atomic mass is 19.2. The van der Waals surface area contributed by atoms with Gasteiger partial charge in [0, 0.05) is 28.3 Å². The van der Waals surface area contributed by atoms with Gasteiger partial charge in [0.05, 0.1) is 0 Å². The molecule has 174 valence electrons. The highest BCUT2D eigenvalue weighted by Crippen LogP contribution is 2.33. The van der Waals surface area contributed by atoms with Gasteiger partial charge in [-0.15, -0.1) is 0 Å². The molecular weight excluding hydrogens is 451 g/mol. The van der Waals surface area contributed by atoms with Crippen LogP contribution in [0.25, 0.3) is 27.6 Å². The summed E-state index contributed by atoms with van der Waals surface area (Å²) in [4.78, 5) is 20.2. The van der Waals surface area contributed by atoms with Gasteiger partial charge in [0.2, 0.25) is 0 Å². The SMILES string of the molecule is C=C/C(=C\C=C/C)c1nc(Nc2ccc(F)c(F)c2)c2cc(-c3cccc(C=O)c3)cc(F)c2n1. The van der Waals surface area contributed by atoms with E-state index in [1.54, 1.807) is 48.6 Å². The number of rotatable bonds is 7. The van der Waals surface area contributed by atoms with Gasteiger partial charge in [-0.2, -0.15) is 0 Å². The molecule has 35 heavy (non-hydrogen) atoms. The number of allylic oxidation sites excluding steroid dienone is 5. The summed E-state index contributed by atoms with van der Waals surface area (Å²) in [6, 6.07) is 13.1. The third-order valence-corrected chi connectivity index (χ3v) is 5.24. The number of benzene rings is 3. The summed E-state index contributed by atoms with van der Waals surface area (Å²) in [5, 5.41) is 3.28. The third kappa shape index (κ3) is 5.04. The maximum atomic E-state index is 15.4. The Labute approximate surface area is 200 Å². The van der Waals surface area contributed by atoms with Crippen molar-refractivity contribution in [2.24, 2.45) is 0 Å². The zero-order chi connectivity index (χ0) is 24.9. The monoisotopic (exact) mass is 471 g/mol. The molecule has 0 spiro atoms. The van der Waals surface area contributed by atoms with Crippen LogP contribution < -0.4 is 5.32 Å². The van der Waals surface area contributed by atoms with E-state index in [1.807, 2.05) is 13.0 Å². The lowest BCUT2D eigenvalue weighted by molar-refractivity contribution is 0.112. The van der Waals surface area contributed by atoms with Gasteiger partial charge in [-0.05, 0) is 48.4 Å². The molecule has 1 N–H and O–H groups in total. The lowest BCUT2D eigenvalue weighted by atomic mass is 10.0. The van der Waals surface area contributed by atoms with Crippen molar-refractivity contribution in [1.29, 1.82) is 0 Å². The first-order valence-electron chi connectivity index (χ1n) is 10.7. The van der Waals surface area contributed by atoms with Crippen molar-refractivity contribution < 1.29 is 18.0 Å². The summed E-state index contributed by atoms with van der Waals surface area (Å²) in [5.74, 6) is -2.25. The van der Waals surface area contributed by atoms with Crippen molar-refractivity contribution >= 4 is 34.3 Å². The molecule has 0 amide bonds. The number of hydrogen-bond donors (Lipinski definition) is 1. The van der Waals surface area contributed by atoms with Crippen molar-refractivity contribution in [3.63, 3.8) is 0 Å². The van der Waals surface area contributed by atoms with Gasteiger partial charge in [0.15, 0.2) is 17.5 Å². The van der Waals surface area contributed by atoms with Crippen molar-refractivity contribution in [2.45, 2.75) is 6.92 Å². The second-order valence-corrected chi connectivity index (χ2v) is 7.60. The van der Waals surface area contributed by atoms with Crippen LogP contribution in [-0.2, 0) is 0 Å². The van der Waals surface area contributed by atoms with Crippen LogP contribution in [-0.4, -0.2) is 16.3 Å². The number of hydrogen-bond acceptors (Lipinski definition) is 4. The highest BCUT2D eigenvalue weighted by Gasteiger charge is 2.16. The van der Waals surface area contributed by atoms with Crippen molar-refractivity contribution in [1.82, 2.24) is 9.97 Å². The summed E-state index contributed by atoms with van der Waals surface area (Å²) >= 11 is 0. The molecule has 1 heterocycles. The number of anilines is 2. The molecule has 0 saturated heterocycles. The second-order valence-electron chi connectivity index (χ2n) is 7.60. The maximum Gasteiger partial charge on any atom is 0.162 e. The van der Waals surface area contributed by atoms with Crippen LogP contribution in [0.4, 0.5) is 24.7 Å². The minimum absolute atomic E-state index is 0.0311. The van der Waals surface area contributed by atoms with Crippen LogP contribution in [0.15, 0.2) is 85.5 Å². The normalized spacial score (nSPS) is 11.7. The van der Waals surface area contributed by atoms with E-state index in [0.29, 0.717) is 33.9 Å². The Kier molecular flexibility index (Phi) is 6.87. The van der Waals surface area contributed by atoms with Crippen LogP contribution in [0.5, 0.6) is 0 Å². The molecule has 0 aliphatic heterocycles. The van der Waals surface area contributed by atoms with E-state index in [4.69, 9.17) is 0 Å². The molecule has 1 aromatic heterocycles. The fourth-order valence-electron chi connectivity index (χ4n) is 3.52. The number of halogens is 3. The maximum absolute atomic E-state index is 15.4. The Morgan fingerprint density at radius 2 is 1.77 bits per heavy atom. The number of carbonyl (C=O) groups excluding carboxylic acids is 1. The first-order chi connectivity index (χ1) is 16.9. The van der Waals surface area contributed by atoms with Gasteiger partial charge in [0.25, 0.3) is 0 Å². The summed E-state index contributed by atoms with van der Waals surface area (Å²) < 4.78 is 42.7. The van der Waals surface area contributed by atoms with E-state index in [1.165, 1.54) is 12.1 Å². The topological polar surface area (TPSA) is 54.9 Å². The Morgan fingerprint density at radius 3 is 2.49 bits per heavy atom. The van der Waals surface area contributed by atoms with Gasteiger partial charge in [-0.25, -0.2) is 23.1 Å². The Morgan fingerprint density at radius 1 is 0.943 bits per heavy atom. The van der Waals surface area contributed by atoms with E-state index in [-0.39, 0.29) is 22.8 Å². The molecule has 0 radical (unpaired) electrons. The lowest BCUT2D eigenvalue weighted by Gasteiger charge is -2.14. The van der Waals surface area contributed by atoms with Crippen LogP contribution in [0.3, 0.4) is 0 Å². The van der Waals surface area contributed by atoms with Crippen LogP contribution >= 0.6 is 0 Å². The highest BCUT2D eigenvalue weighted by molar-refractivity contribution is 5.96. The zero-order valence-corrected chi connectivity index (χ0v) is 18.7. The summed E-state index contributed by atoms with van der Waals surface area (Å²) in [6.07, 6.45) is 7.56. The van der Waals surface area contributed by atoms with E-state index in [9.17, 15) is 13.6 Å². The van der Waals surface area contributed by atoms with Gasteiger partial charge < -0.3 is 5.32 Å². The number of aldehydes is 1. The van der Waals surface area contributed by atoms with Crippen molar-refractivity contribution in [3.05, 3.63) is 114 Å². The fraction of sp³-hybridized carbons (Fsp3) is 0.0357. The summed E-state index contributed by atoms with van der Waals surface area (Å²) in [6.45, 7) is 5.62. The zero-order valence-electron chi connectivity index (χ0n) is 18.7. The predicted molar refractivity (Wildman–Crippen MR) is 133 cm³/mol. The molecule has 3 aromatic carbocycles. The molecule has 0 aliphatic carbocycles. The van der Waals surface area contributed by atoms with Crippen LogP contribution in [0.1, 0.15) is 23.1 Å². The van der Waals surface area contributed by atoms with Gasteiger partial charge in [-0.3, -0.25) is 4.79 Å². The van der Waals surface area contributed by atoms with Gasteiger partial charge >= 0.3 is 0 Å². The molecule has 4 aromatic rings. The Balaban J connectivity index is 1.96. The minimum Gasteiger partial charge on any atom is -0.340 e. The van der Waals surface area contributed by atoms with Crippen molar-refractivity contribution in [2.75, 3.05) is 5.32 Å². The molecule has 4 rings (SSSR count). The average molecular weight is 471 g/mol. The Bertz CT molecular complexity index is 1510. The Hall–Kier alpha value is -4.52. The number of nitrogens with one attached hydrogen (secondary N) is 1. The predicted octanol–water partition coefficient (Wildman–Crippen LogP) is 7.42. The van der Waals surface area contributed by atoms with Gasteiger partial charge in [0.1, 0.15) is 23.4 Å². The van der Waals surface area contributed by atoms with E-state index in [2.05, 4.69) is 21.9 Å². The first kappa shape index (κ1) is 23.6. The molecule has 0 fully saturated rings. The van der Waals surface area contributed by atoms with E-state index >= 15 is 4.39 Å². The van der Waals surface area contributed by atoms with E-state index in [0.717, 1.165) is 12.1 Å². The molecular formula is C28H20F3N3O. The first-order valence-corrected chi connectivity index (χ1v) is 10.7. The molecule has 0 aliphatic rings. The molecule has 4 nitrogen and oxygen atoms in total. The van der Waals surface area contributed by atoms with Crippen LogP contribution in [0, 0.1) is 17.5 Å². The van der Waals surface area contributed by atoms with Crippen LogP contribution in [0.2, 0.25) is 0 Å². The number of fused-ring (bicyclic) bond motifs is 1. The largest absolute Gasteiger partial charge is 0.340 e. The number of carbonyl (C=O) groups is 1. The average Bonchev–Trinajstić information content (AvgIpc) is 2.87. The van der Waals surface area contributed by atoms with E-state index < -0.39 is 17.5 Å². The number of nitrogens with zero attached hydrogens (tertiary/aromatic N) is 2. The quantitative estimate of drug-likeness (QED) is 0.225. The summed E-state index contributed by atoms with van der Waals surface area (Å²) in [5.41, 5.74) is 2.36. The standard InChI is InChI=1S/C28H20F3N3O/c1-3-5-8-18(4-2)27-33-26-22(28(34-27)32-21-10-11-23(29)24(30)15-21)13-20(14-25(26)31)19-9-6-7-17(12-19)16-35/h3-16H,2H2,1H3,(H,32,33,34)/b5-3-,18-8+. The minimum atomic E-state index is -1.04. The van der Waals surface area contributed by atoms with Gasteiger partial charge in [-0.1, -0.05) is 49.1 Å². The summed E-state index contributed by atoms with van der Waals surface area (Å²) in [7, 11) is 0. The molecule has 0 unspecified atom stereocenters. The number of aromatic nitrogens is 2.